The van der Waals surface area contributed by atoms with Gasteiger partial charge < -0.3 is 18.9 Å². The Hall–Kier alpha value is -4.33. The average molecular weight is 448 g/mol. The maximum absolute atomic E-state index is 12.4. The summed E-state index contributed by atoms with van der Waals surface area (Å²) in [6, 6.07) is 20.6. The summed E-state index contributed by atoms with van der Waals surface area (Å²) in [7, 11) is 1.47. The van der Waals surface area contributed by atoms with Crippen molar-refractivity contribution in [2.45, 2.75) is 6.92 Å². The Balaban J connectivity index is 1.56. The molecule has 0 saturated heterocycles. The Morgan fingerprint density at radius 3 is 2.33 bits per heavy atom. The lowest BCUT2D eigenvalue weighted by atomic mass is 10.2. The molecule has 3 aromatic rings. The van der Waals surface area contributed by atoms with Crippen LogP contribution in [0.1, 0.15) is 22.8 Å². The first-order valence-electron chi connectivity index (χ1n) is 10.2. The number of carbonyl (C=O) groups is 2. The van der Waals surface area contributed by atoms with Crippen molar-refractivity contribution < 1.29 is 28.5 Å². The topological polar surface area (TPSA) is 95.5 Å². The van der Waals surface area contributed by atoms with Crippen molar-refractivity contribution in [2.75, 3.05) is 20.3 Å². The monoisotopic (exact) mass is 448 g/mol. The molecule has 170 valence electrons. The van der Waals surface area contributed by atoms with E-state index in [0.717, 1.165) is 0 Å². The van der Waals surface area contributed by atoms with E-state index in [1.54, 1.807) is 54.6 Å². The molecule has 3 rings (SSSR count). The van der Waals surface area contributed by atoms with Crippen molar-refractivity contribution >= 4 is 18.1 Å². The van der Waals surface area contributed by atoms with Gasteiger partial charge in [0.2, 0.25) is 0 Å². The second kappa shape index (κ2) is 11.9. The minimum absolute atomic E-state index is 0.162. The van der Waals surface area contributed by atoms with Gasteiger partial charge in [0.05, 0.1) is 25.5 Å². The lowest BCUT2D eigenvalue weighted by Gasteiger charge is -2.10. The molecule has 0 radical (unpaired) electrons. The highest BCUT2D eigenvalue weighted by atomic mass is 16.6. The van der Waals surface area contributed by atoms with E-state index in [0.29, 0.717) is 35.0 Å². The molecule has 0 unspecified atom stereocenters. The highest BCUT2D eigenvalue weighted by molar-refractivity contribution is 5.92. The highest BCUT2D eigenvalue weighted by Gasteiger charge is 2.13. The number of amides is 1. The number of methoxy groups -OCH3 is 1. The van der Waals surface area contributed by atoms with Crippen molar-refractivity contribution in [3.8, 4) is 23.0 Å². The number of para-hydroxylation sites is 1. The van der Waals surface area contributed by atoms with Crippen LogP contribution in [0.2, 0.25) is 0 Å². The van der Waals surface area contributed by atoms with Crippen molar-refractivity contribution in [1.29, 1.82) is 0 Å². The Bertz CT molecular complexity index is 1100. The maximum atomic E-state index is 12.4. The minimum Gasteiger partial charge on any atom is -0.494 e. The van der Waals surface area contributed by atoms with Crippen LogP contribution in [0.15, 0.2) is 77.9 Å². The molecular weight excluding hydrogens is 424 g/mol. The molecular formula is C25H24N2O6. The van der Waals surface area contributed by atoms with E-state index >= 15 is 0 Å². The first-order valence-corrected chi connectivity index (χ1v) is 10.2. The average Bonchev–Trinajstić information content (AvgIpc) is 2.85. The third-order valence-corrected chi connectivity index (χ3v) is 4.31. The number of esters is 1. The zero-order chi connectivity index (χ0) is 23.5. The molecule has 0 fully saturated rings. The summed E-state index contributed by atoms with van der Waals surface area (Å²) in [4.78, 5) is 24.3. The molecule has 0 saturated carbocycles. The minimum atomic E-state index is -0.525. The van der Waals surface area contributed by atoms with Gasteiger partial charge in [-0.15, -0.1) is 0 Å². The zero-order valence-electron chi connectivity index (χ0n) is 18.3. The van der Waals surface area contributed by atoms with Gasteiger partial charge in [0.15, 0.2) is 18.1 Å². The molecule has 0 spiro atoms. The van der Waals surface area contributed by atoms with Crippen LogP contribution in [0.5, 0.6) is 23.0 Å². The molecule has 0 atom stereocenters. The van der Waals surface area contributed by atoms with E-state index in [1.165, 1.54) is 13.3 Å². The van der Waals surface area contributed by atoms with Crippen LogP contribution in [0.4, 0.5) is 0 Å². The summed E-state index contributed by atoms with van der Waals surface area (Å²) in [5, 5.41) is 3.91. The third kappa shape index (κ3) is 7.10. The molecule has 0 aliphatic carbocycles. The number of nitrogens with zero attached hydrogens (tertiary/aromatic N) is 1. The van der Waals surface area contributed by atoms with Gasteiger partial charge in [0, 0.05) is 0 Å². The number of benzene rings is 3. The summed E-state index contributed by atoms with van der Waals surface area (Å²) in [6.07, 6.45) is 1.45. The predicted molar refractivity (Wildman–Crippen MR) is 123 cm³/mol. The molecule has 0 aliphatic rings. The molecule has 33 heavy (non-hydrogen) atoms. The smallest absolute Gasteiger partial charge is 0.343 e. The molecule has 0 aromatic heterocycles. The van der Waals surface area contributed by atoms with Gasteiger partial charge in [0.1, 0.15) is 11.5 Å². The van der Waals surface area contributed by atoms with Gasteiger partial charge in [0.25, 0.3) is 5.91 Å². The Morgan fingerprint density at radius 1 is 0.909 bits per heavy atom. The fourth-order valence-electron chi connectivity index (χ4n) is 2.74. The van der Waals surface area contributed by atoms with Gasteiger partial charge in [-0.2, -0.15) is 5.10 Å². The van der Waals surface area contributed by atoms with Crippen molar-refractivity contribution in [3.05, 3.63) is 83.9 Å². The molecule has 8 heteroatoms. The number of carbonyl (C=O) groups excluding carboxylic acids is 2. The molecule has 1 amide bonds. The Labute approximate surface area is 191 Å². The lowest BCUT2D eigenvalue weighted by molar-refractivity contribution is -0.123. The highest BCUT2D eigenvalue weighted by Crippen LogP contribution is 2.28. The van der Waals surface area contributed by atoms with E-state index in [9.17, 15) is 9.59 Å². The van der Waals surface area contributed by atoms with Crippen LogP contribution in [0.25, 0.3) is 0 Å². The maximum Gasteiger partial charge on any atom is 0.343 e. The number of hydrogen-bond donors (Lipinski definition) is 1. The summed E-state index contributed by atoms with van der Waals surface area (Å²) in [5.41, 5.74) is 3.41. The molecule has 3 aromatic carbocycles. The second-order valence-corrected chi connectivity index (χ2v) is 6.65. The van der Waals surface area contributed by atoms with Gasteiger partial charge in [-0.3, -0.25) is 4.79 Å². The third-order valence-electron chi connectivity index (χ3n) is 4.31. The van der Waals surface area contributed by atoms with Crippen LogP contribution in [0.3, 0.4) is 0 Å². The fraction of sp³-hybridized carbons (Fsp3) is 0.160. The second-order valence-electron chi connectivity index (χ2n) is 6.65. The number of hydrazone groups is 1. The van der Waals surface area contributed by atoms with E-state index in [4.69, 9.17) is 18.9 Å². The predicted octanol–water partition coefficient (Wildman–Crippen LogP) is 3.84. The van der Waals surface area contributed by atoms with Crippen LogP contribution in [-0.2, 0) is 4.79 Å². The fourth-order valence-corrected chi connectivity index (χ4v) is 2.74. The molecule has 8 nitrogen and oxygen atoms in total. The normalized spacial score (nSPS) is 10.5. The van der Waals surface area contributed by atoms with Crippen molar-refractivity contribution in [1.82, 2.24) is 5.43 Å². The number of ether oxygens (including phenoxy) is 4. The molecule has 0 aliphatic heterocycles. The molecule has 0 bridgehead atoms. The summed E-state index contributed by atoms with van der Waals surface area (Å²) in [6.45, 7) is 2.27. The van der Waals surface area contributed by atoms with Crippen LogP contribution < -0.4 is 24.4 Å². The number of hydrogen-bond acceptors (Lipinski definition) is 7. The van der Waals surface area contributed by atoms with E-state index in [-0.39, 0.29) is 12.4 Å². The zero-order valence-corrected chi connectivity index (χ0v) is 18.3. The van der Waals surface area contributed by atoms with Gasteiger partial charge in [-0.1, -0.05) is 18.2 Å². The summed E-state index contributed by atoms with van der Waals surface area (Å²) >= 11 is 0. The molecule has 0 heterocycles. The van der Waals surface area contributed by atoms with E-state index in [2.05, 4.69) is 10.5 Å². The number of rotatable bonds is 10. The van der Waals surface area contributed by atoms with Crippen LogP contribution in [0, 0.1) is 0 Å². The van der Waals surface area contributed by atoms with Gasteiger partial charge in [-0.25, -0.2) is 10.2 Å². The Morgan fingerprint density at radius 2 is 1.64 bits per heavy atom. The first-order chi connectivity index (χ1) is 16.1. The Kier molecular flexibility index (Phi) is 8.41. The van der Waals surface area contributed by atoms with E-state index in [1.807, 2.05) is 25.1 Å². The summed E-state index contributed by atoms with van der Waals surface area (Å²) < 4.78 is 21.5. The SMILES string of the molecule is CCOc1ccc(C(=O)Oc2ccc(/C=N/NC(=O)COc3ccccc3)cc2OC)cc1. The quantitative estimate of drug-likeness (QED) is 0.219. The lowest BCUT2D eigenvalue weighted by Crippen LogP contribution is -2.24. The van der Waals surface area contributed by atoms with Gasteiger partial charge in [-0.05, 0) is 67.1 Å². The largest absolute Gasteiger partial charge is 0.494 e. The van der Waals surface area contributed by atoms with Crippen LogP contribution in [-0.4, -0.2) is 38.4 Å². The first kappa shape index (κ1) is 23.3. The van der Waals surface area contributed by atoms with E-state index < -0.39 is 11.9 Å². The standard InChI is InChI=1S/C25H24N2O6/c1-3-31-21-12-10-19(11-13-21)25(29)33-22-14-9-18(15-23(22)30-2)16-26-27-24(28)17-32-20-7-5-4-6-8-20/h4-16H,3,17H2,1-2H3,(H,27,28)/b26-16+. The van der Waals surface area contributed by atoms with Crippen LogP contribution >= 0.6 is 0 Å². The summed E-state index contributed by atoms with van der Waals surface area (Å²) in [5.74, 6) is 0.947. The molecule has 1 N–H and O–H groups in total. The van der Waals surface area contributed by atoms with Gasteiger partial charge >= 0.3 is 5.97 Å². The van der Waals surface area contributed by atoms with Crippen molar-refractivity contribution in [3.63, 3.8) is 0 Å². The van der Waals surface area contributed by atoms with Crippen molar-refractivity contribution in [2.24, 2.45) is 5.10 Å². The number of nitrogens with one attached hydrogen (secondary N) is 1.